The molecule has 6 heteroatoms. The van der Waals surface area contributed by atoms with Crippen LogP contribution in [0.5, 0.6) is 0 Å². The number of hydrogen-bond donors (Lipinski definition) is 0. The zero-order valence-electron chi connectivity index (χ0n) is 8.75. The van der Waals surface area contributed by atoms with Crippen LogP contribution in [0.25, 0.3) is 0 Å². The van der Waals surface area contributed by atoms with Crippen molar-refractivity contribution in [1.82, 2.24) is 9.78 Å². The molecule has 2 aromatic rings. The number of hydrogen-bond acceptors (Lipinski definition) is 2. The Morgan fingerprint density at radius 3 is 2.65 bits per heavy atom. The molecule has 3 nitrogen and oxygen atoms in total. The normalized spacial score (nSPS) is 10.6. The second-order valence-electron chi connectivity index (χ2n) is 3.42. The van der Waals surface area contributed by atoms with Gasteiger partial charge in [-0.1, -0.05) is 11.6 Å². The van der Waals surface area contributed by atoms with Crippen LogP contribution in [0.2, 0.25) is 5.02 Å². The minimum absolute atomic E-state index is 0.172. The Morgan fingerprint density at radius 2 is 2.06 bits per heavy atom. The highest BCUT2D eigenvalue weighted by atomic mass is 35.5. The Hall–Kier alpha value is -1.75. The molecule has 1 heterocycles. The van der Waals surface area contributed by atoms with Crippen LogP contribution in [0.4, 0.5) is 8.78 Å². The van der Waals surface area contributed by atoms with Crippen LogP contribution in [0.15, 0.2) is 24.4 Å². The van der Waals surface area contributed by atoms with Crippen LogP contribution in [-0.2, 0) is 7.05 Å². The van der Waals surface area contributed by atoms with Gasteiger partial charge in [-0.25, -0.2) is 8.78 Å². The lowest BCUT2D eigenvalue weighted by Crippen LogP contribution is -2.10. The standard InChI is InChI=1S/C11H7ClF2N2O/c1-16-10(2-3-15-16)11(17)6-4-9(14)7(12)5-8(6)13/h2-5H,1H3. The second-order valence-corrected chi connectivity index (χ2v) is 3.82. The predicted octanol–water partition coefficient (Wildman–Crippen LogP) is 2.58. The van der Waals surface area contributed by atoms with E-state index in [4.69, 9.17) is 11.6 Å². The van der Waals surface area contributed by atoms with Crippen LogP contribution in [0, 0.1) is 11.6 Å². The molecule has 0 aliphatic heterocycles. The van der Waals surface area contributed by atoms with Gasteiger partial charge < -0.3 is 0 Å². The first-order chi connectivity index (χ1) is 8.00. The molecule has 1 aromatic heterocycles. The molecule has 0 N–H and O–H groups in total. The van der Waals surface area contributed by atoms with Gasteiger partial charge in [0, 0.05) is 13.2 Å². The topological polar surface area (TPSA) is 34.9 Å². The summed E-state index contributed by atoms with van der Waals surface area (Å²) in [5, 5.41) is 3.43. The van der Waals surface area contributed by atoms with Crippen LogP contribution in [0.1, 0.15) is 16.1 Å². The molecule has 2 rings (SSSR count). The number of ketones is 1. The van der Waals surface area contributed by atoms with Crippen molar-refractivity contribution in [3.8, 4) is 0 Å². The molecule has 0 atom stereocenters. The molecule has 0 radical (unpaired) electrons. The van der Waals surface area contributed by atoms with Crippen molar-refractivity contribution >= 4 is 17.4 Å². The van der Waals surface area contributed by atoms with Crippen molar-refractivity contribution in [3.05, 3.63) is 52.3 Å². The van der Waals surface area contributed by atoms with E-state index in [0.29, 0.717) is 0 Å². The molecule has 1 aromatic carbocycles. The van der Waals surface area contributed by atoms with Crippen molar-refractivity contribution in [2.75, 3.05) is 0 Å². The third-order valence-electron chi connectivity index (χ3n) is 2.31. The highest BCUT2D eigenvalue weighted by Crippen LogP contribution is 2.21. The van der Waals surface area contributed by atoms with Gasteiger partial charge in [-0.2, -0.15) is 5.10 Å². The van der Waals surface area contributed by atoms with E-state index in [1.807, 2.05) is 0 Å². The fraction of sp³-hybridized carbons (Fsp3) is 0.0909. The maximum Gasteiger partial charge on any atom is 0.214 e. The minimum Gasteiger partial charge on any atom is -0.287 e. The first-order valence-electron chi connectivity index (χ1n) is 4.68. The van der Waals surface area contributed by atoms with Gasteiger partial charge >= 0.3 is 0 Å². The lowest BCUT2D eigenvalue weighted by atomic mass is 10.1. The molecule has 0 saturated carbocycles. The lowest BCUT2D eigenvalue weighted by molar-refractivity contribution is 0.102. The average molecular weight is 257 g/mol. The summed E-state index contributed by atoms with van der Waals surface area (Å²) in [6, 6.07) is 2.99. The van der Waals surface area contributed by atoms with Crippen molar-refractivity contribution in [2.45, 2.75) is 0 Å². The van der Waals surface area contributed by atoms with E-state index in [1.165, 1.54) is 24.0 Å². The number of nitrogens with zero attached hydrogens (tertiary/aromatic N) is 2. The third kappa shape index (κ3) is 2.06. The summed E-state index contributed by atoms with van der Waals surface area (Å²) in [7, 11) is 1.54. The average Bonchev–Trinajstić information content (AvgIpc) is 2.69. The summed E-state index contributed by atoms with van der Waals surface area (Å²) in [5.41, 5.74) is -0.193. The zero-order valence-corrected chi connectivity index (χ0v) is 9.50. The fourth-order valence-corrected chi connectivity index (χ4v) is 1.58. The SMILES string of the molecule is Cn1nccc1C(=O)c1cc(F)c(Cl)cc1F. The molecule has 17 heavy (non-hydrogen) atoms. The van der Waals surface area contributed by atoms with Crippen molar-refractivity contribution in [2.24, 2.45) is 7.05 Å². The van der Waals surface area contributed by atoms with Gasteiger partial charge in [0.25, 0.3) is 0 Å². The fourth-order valence-electron chi connectivity index (χ4n) is 1.43. The molecule has 0 amide bonds. The van der Waals surface area contributed by atoms with E-state index in [-0.39, 0.29) is 16.3 Å². The summed E-state index contributed by atoms with van der Waals surface area (Å²) < 4.78 is 28.0. The van der Waals surface area contributed by atoms with E-state index in [9.17, 15) is 13.6 Å². The molecule has 0 bridgehead atoms. The Kier molecular flexibility index (Phi) is 2.93. The van der Waals surface area contributed by atoms with Gasteiger partial charge in [-0.3, -0.25) is 9.48 Å². The second kappa shape index (κ2) is 4.25. The molecule has 0 unspecified atom stereocenters. The molecule has 0 fully saturated rings. The van der Waals surface area contributed by atoms with Gasteiger partial charge in [-0.15, -0.1) is 0 Å². The smallest absolute Gasteiger partial charge is 0.214 e. The van der Waals surface area contributed by atoms with Crippen LogP contribution in [0.3, 0.4) is 0 Å². The number of carbonyl (C=O) groups is 1. The summed E-state index contributed by atoms with van der Waals surface area (Å²) in [4.78, 5) is 11.9. The molecule has 88 valence electrons. The summed E-state index contributed by atoms with van der Waals surface area (Å²) in [5.74, 6) is -2.33. The third-order valence-corrected chi connectivity index (χ3v) is 2.60. The van der Waals surface area contributed by atoms with E-state index in [1.54, 1.807) is 0 Å². The minimum atomic E-state index is -0.859. The summed E-state index contributed by atoms with van der Waals surface area (Å²) in [6.07, 6.45) is 1.40. The number of halogens is 3. The first kappa shape index (κ1) is 11.7. The molecule has 0 aliphatic carbocycles. The number of aromatic nitrogens is 2. The summed E-state index contributed by atoms with van der Waals surface area (Å²) in [6.45, 7) is 0. The predicted molar refractivity (Wildman–Crippen MR) is 58.0 cm³/mol. The largest absolute Gasteiger partial charge is 0.287 e. The summed E-state index contributed by atoms with van der Waals surface area (Å²) >= 11 is 5.40. The van der Waals surface area contributed by atoms with Crippen molar-refractivity contribution in [1.29, 1.82) is 0 Å². The van der Waals surface area contributed by atoms with Gasteiger partial charge in [0.1, 0.15) is 17.3 Å². The van der Waals surface area contributed by atoms with Crippen LogP contribution < -0.4 is 0 Å². The molecule has 0 aliphatic rings. The Bertz CT molecular complexity index is 595. The Morgan fingerprint density at radius 1 is 1.35 bits per heavy atom. The van der Waals surface area contributed by atoms with Gasteiger partial charge in [0.2, 0.25) is 5.78 Å². The number of carbonyl (C=O) groups excluding carboxylic acids is 1. The van der Waals surface area contributed by atoms with E-state index >= 15 is 0 Å². The van der Waals surface area contributed by atoms with Crippen LogP contribution >= 0.6 is 11.6 Å². The number of aryl methyl sites for hydroxylation is 1. The van der Waals surface area contributed by atoms with Gasteiger partial charge in [0.05, 0.1) is 10.6 Å². The van der Waals surface area contributed by atoms with Gasteiger partial charge in [-0.05, 0) is 18.2 Å². The maximum absolute atomic E-state index is 13.5. The lowest BCUT2D eigenvalue weighted by Gasteiger charge is -2.04. The van der Waals surface area contributed by atoms with Crippen LogP contribution in [-0.4, -0.2) is 15.6 Å². The van der Waals surface area contributed by atoms with E-state index in [2.05, 4.69) is 5.10 Å². The van der Waals surface area contributed by atoms with E-state index in [0.717, 1.165) is 12.1 Å². The quantitative estimate of drug-likeness (QED) is 0.611. The molecular formula is C11H7ClF2N2O. The van der Waals surface area contributed by atoms with Crippen molar-refractivity contribution < 1.29 is 13.6 Å². The molecule has 0 saturated heterocycles. The monoisotopic (exact) mass is 256 g/mol. The highest BCUT2D eigenvalue weighted by molar-refractivity contribution is 6.30. The molecule has 0 spiro atoms. The highest BCUT2D eigenvalue weighted by Gasteiger charge is 2.19. The Balaban J connectivity index is 2.52. The maximum atomic E-state index is 13.5. The van der Waals surface area contributed by atoms with E-state index < -0.39 is 17.4 Å². The number of rotatable bonds is 2. The zero-order chi connectivity index (χ0) is 12.6. The molecular weight excluding hydrogens is 250 g/mol. The van der Waals surface area contributed by atoms with Gasteiger partial charge in [0.15, 0.2) is 0 Å². The van der Waals surface area contributed by atoms with Crippen molar-refractivity contribution in [3.63, 3.8) is 0 Å². The number of benzene rings is 1. The first-order valence-corrected chi connectivity index (χ1v) is 5.05. The Labute approximate surface area is 101 Å².